The predicted octanol–water partition coefficient (Wildman–Crippen LogP) is 2.80. The Morgan fingerprint density at radius 1 is 1.27 bits per heavy atom. The summed E-state index contributed by atoms with van der Waals surface area (Å²) in [5.74, 6) is 0.191. The summed E-state index contributed by atoms with van der Waals surface area (Å²) in [7, 11) is 0. The molecule has 2 amide bonds. The molecule has 3 rings (SSSR count). The Morgan fingerprint density at radius 2 is 2.04 bits per heavy atom. The average Bonchev–Trinajstić information content (AvgIpc) is 3.14. The molecule has 2 N–H and O–H groups in total. The molecule has 0 spiro atoms. The van der Waals surface area contributed by atoms with E-state index in [4.69, 9.17) is 9.15 Å². The molecule has 1 aliphatic heterocycles. The fourth-order valence-electron chi connectivity index (χ4n) is 3.02. The molecule has 26 heavy (non-hydrogen) atoms. The molecule has 7 nitrogen and oxygen atoms in total. The summed E-state index contributed by atoms with van der Waals surface area (Å²) in [6.07, 6.45) is 2.00. The molecular formula is C19H22N2O5. The van der Waals surface area contributed by atoms with Crippen molar-refractivity contribution in [1.82, 2.24) is 10.2 Å². The first kappa shape index (κ1) is 17.8. The van der Waals surface area contributed by atoms with Crippen LogP contribution in [0.3, 0.4) is 0 Å². The zero-order valence-electron chi connectivity index (χ0n) is 14.6. The van der Waals surface area contributed by atoms with Gasteiger partial charge < -0.3 is 24.5 Å². The molecule has 0 atom stereocenters. The lowest BCUT2D eigenvalue weighted by atomic mass is 9.91. The third-order valence-corrected chi connectivity index (χ3v) is 4.54. The van der Waals surface area contributed by atoms with E-state index in [0.717, 1.165) is 5.56 Å². The highest BCUT2D eigenvalue weighted by Crippen LogP contribution is 2.29. The Balaban J connectivity index is 1.60. The van der Waals surface area contributed by atoms with Gasteiger partial charge in [-0.05, 0) is 36.8 Å². The maximum absolute atomic E-state index is 12.3. The summed E-state index contributed by atoms with van der Waals surface area (Å²) >= 11 is 0. The number of amides is 2. The number of carbonyl (C=O) groups excluding carboxylic acids is 1. The maximum Gasteiger partial charge on any atom is 0.348 e. The number of ether oxygens (including phenoxy) is 1. The Hall–Kier alpha value is -2.96. The van der Waals surface area contributed by atoms with E-state index in [9.17, 15) is 14.7 Å². The van der Waals surface area contributed by atoms with Crippen molar-refractivity contribution in [3.8, 4) is 5.75 Å². The van der Waals surface area contributed by atoms with E-state index in [1.165, 1.54) is 0 Å². The number of carboxylic acid groups (broad SMARTS) is 1. The first-order valence-corrected chi connectivity index (χ1v) is 8.53. The van der Waals surface area contributed by atoms with Gasteiger partial charge in [0, 0.05) is 25.9 Å². The Kier molecular flexibility index (Phi) is 5.16. The molecule has 0 saturated carbocycles. The van der Waals surface area contributed by atoms with Gasteiger partial charge in [-0.1, -0.05) is 12.1 Å². The molecule has 2 aromatic rings. The van der Waals surface area contributed by atoms with Gasteiger partial charge >= 0.3 is 12.0 Å². The van der Waals surface area contributed by atoms with Gasteiger partial charge in [-0.25, -0.2) is 9.59 Å². The van der Waals surface area contributed by atoms with Crippen LogP contribution in [-0.2, 0) is 11.3 Å². The minimum absolute atomic E-state index is 0.227. The number of furan rings is 1. The number of urea groups is 1. The molecule has 7 heteroatoms. The Morgan fingerprint density at radius 3 is 2.65 bits per heavy atom. The first-order valence-electron chi connectivity index (χ1n) is 8.53. The number of carbonyl (C=O) groups is 2. The number of nitrogens with zero attached hydrogens (tertiary/aromatic N) is 1. The lowest BCUT2D eigenvalue weighted by Gasteiger charge is -2.38. The summed E-state index contributed by atoms with van der Waals surface area (Å²) in [4.78, 5) is 25.7. The van der Waals surface area contributed by atoms with E-state index < -0.39 is 11.6 Å². The van der Waals surface area contributed by atoms with E-state index in [-0.39, 0.29) is 18.9 Å². The highest BCUT2D eigenvalue weighted by molar-refractivity contribution is 5.79. The van der Waals surface area contributed by atoms with E-state index in [0.29, 0.717) is 31.1 Å². The quantitative estimate of drug-likeness (QED) is 0.857. The summed E-state index contributed by atoms with van der Waals surface area (Å²) in [5.41, 5.74) is -0.316. The smallest absolute Gasteiger partial charge is 0.348 e. The minimum atomic E-state index is -1.31. The van der Waals surface area contributed by atoms with Gasteiger partial charge in [-0.15, -0.1) is 0 Å². The van der Waals surface area contributed by atoms with E-state index >= 15 is 0 Å². The summed E-state index contributed by atoms with van der Waals surface area (Å²) < 4.78 is 11.0. The van der Waals surface area contributed by atoms with Crippen LogP contribution < -0.4 is 10.1 Å². The number of hydrogen-bond acceptors (Lipinski definition) is 4. The largest absolute Gasteiger partial charge is 0.478 e. The normalized spacial score (nSPS) is 16.1. The number of aryl methyl sites for hydroxylation is 1. The van der Waals surface area contributed by atoms with E-state index in [2.05, 4.69) is 5.32 Å². The highest BCUT2D eigenvalue weighted by atomic mass is 16.5. The van der Waals surface area contributed by atoms with Gasteiger partial charge in [-0.2, -0.15) is 0 Å². The van der Waals surface area contributed by atoms with Crippen molar-refractivity contribution in [2.24, 2.45) is 0 Å². The maximum atomic E-state index is 12.3. The molecule has 1 saturated heterocycles. The lowest BCUT2D eigenvalue weighted by Crippen LogP contribution is -2.55. The number of benzene rings is 1. The summed E-state index contributed by atoms with van der Waals surface area (Å²) in [6.45, 7) is 2.84. The monoisotopic (exact) mass is 358 g/mol. The van der Waals surface area contributed by atoms with E-state index in [1.807, 2.05) is 25.1 Å². The van der Waals surface area contributed by atoms with Gasteiger partial charge in [0.2, 0.25) is 5.60 Å². The van der Waals surface area contributed by atoms with Gasteiger partial charge in [0.25, 0.3) is 0 Å². The van der Waals surface area contributed by atoms with Crippen molar-refractivity contribution in [1.29, 1.82) is 0 Å². The number of aliphatic carboxylic acids is 1. The average molecular weight is 358 g/mol. The van der Waals surface area contributed by atoms with Crippen LogP contribution in [0.15, 0.2) is 47.1 Å². The first-order chi connectivity index (χ1) is 12.5. The molecule has 138 valence electrons. The number of piperidine rings is 1. The fourth-order valence-corrected chi connectivity index (χ4v) is 3.02. The second-order valence-corrected chi connectivity index (χ2v) is 6.44. The zero-order valence-corrected chi connectivity index (χ0v) is 14.6. The van der Waals surface area contributed by atoms with Crippen LogP contribution in [0.5, 0.6) is 5.75 Å². The fraction of sp³-hybridized carbons (Fsp3) is 0.368. The van der Waals surface area contributed by atoms with Crippen LogP contribution in [0.25, 0.3) is 0 Å². The van der Waals surface area contributed by atoms with Gasteiger partial charge in [0.15, 0.2) is 0 Å². The lowest BCUT2D eigenvalue weighted by molar-refractivity contribution is -0.159. The van der Waals surface area contributed by atoms with Crippen LogP contribution in [0.4, 0.5) is 4.79 Å². The standard InChI is InChI=1S/C19H22N2O5/c1-14-4-2-5-15(12-14)26-19(17(22)23)7-9-21(10-8-19)18(24)20-13-16-6-3-11-25-16/h2-6,11-12H,7-10,13H2,1H3,(H,20,24)(H,22,23). The summed E-state index contributed by atoms with van der Waals surface area (Å²) in [6, 6.07) is 10.6. The number of likely N-dealkylation sites (tertiary alicyclic amines) is 1. The zero-order chi connectivity index (χ0) is 18.6. The topological polar surface area (TPSA) is 92.0 Å². The Bertz CT molecular complexity index is 764. The second-order valence-electron chi connectivity index (χ2n) is 6.44. The molecule has 1 aromatic heterocycles. The molecule has 0 unspecified atom stereocenters. The predicted molar refractivity (Wildman–Crippen MR) is 93.9 cm³/mol. The molecule has 0 aliphatic carbocycles. The molecule has 0 bridgehead atoms. The SMILES string of the molecule is Cc1cccc(OC2(C(=O)O)CCN(C(=O)NCc3ccco3)CC2)c1. The Labute approximate surface area is 151 Å². The number of nitrogens with one attached hydrogen (secondary N) is 1. The number of hydrogen-bond donors (Lipinski definition) is 2. The van der Waals surface area contributed by atoms with Crippen LogP contribution >= 0.6 is 0 Å². The van der Waals surface area contributed by atoms with Crippen LogP contribution in [0.2, 0.25) is 0 Å². The number of carboxylic acids is 1. The molecule has 2 heterocycles. The van der Waals surface area contributed by atoms with Crippen LogP contribution in [-0.4, -0.2) is 40.7 Å². The van der Waals surface area contributed by atoms with E-state index in [1.54, 1.807) is 29.4 Å². The van der Waals surface area contributed by atoms with Crippen molar-refractivity contribution < 1.29 is 23.8 Å². The highest BCUT2D eigenvalue weighted by Gasteiger charge is 2.45. The van der Waals surface area contributed by atoms with Crippen LogP contribution in [0, 0.1) is 6.92 Å². The second kappa shape index (κ2) is 7.51. The number of rotatable bonds is 5. The van der Waals surface area contributed by atoms with Crippen LogP contribution in [0.1, 0.15) is 24.2 Å². The van der Waals surface area contributed by atoms with Gasteiger partial charge in [-0.3, -0.25) is 0 Å². The van der Waals surface area contributed by atoms with Crippen molar-refractivity contribution in [2.75, 3.05) is 13.1 Å². The molecule has 1 fully saturated rings. The molecule has 1 aliphatic rings. The molecular weight excluding hydrogens is 336 g/mol. The van der Waals surface area contributed by atoms with Gasteiger partial charge in [0.05, 0.1) is 12.8 Å². The van der Waals surface area contributed by atoms with Crippen molar-refractivity contribution in [3.63, 3.8) is 0 Å². The molecule has 1 aromatic carbocycles. The van der Waals surface area contributed by atoms with Crippen molar-refractivity contribution in [3.05, 3.63) is 54.0 Å². The van der Waals surface area contributed by atoms with Crippen molar-refractivity contribution >= 4 is 12.0 Å². The minimum Gasteiger partial charge on any atom is -0.478 e. The molecule has 0 radical (unpaired) electrons. The van der Waals surface area contributed by atoms with Gasteiger partial charge in [0.1, 0.15) is 11.5 Å². The third kappa shape index (κ3) is 3.99. The summed E-state index contributed by atoms with van der Waals surface area (Å²) in [5, 5.41) is 12.5. The van der Waals surface area contributed by atoms with Crippen molar-refractivity contribution in [2.45, 2.75) is 31.9 Å². The third-order valence-electron chi connectivity index (χ3n) is 4.54.